The van der Waals surface area contributed by atoms with Gasteiger partial charge in [0.15, 0.2) is 37.0 Å². The summed E-state index contributed by atoms with van der Waals surface area (Å²) >= 11 is 0. The number of fused-ring (bicyclic) bond motifs is 2. The number of carbonyl (C=O) groups excluding carboxylic acids is 2. The summed E-state index contributed by atoms with van der Waals surface area (Å²) < 4.78 is 41.1. The molecule has 4 aromatic carbocycles. The third-order valence-electron chi connectivity index (χ3n) is 11.2. The number of Topliss-reactive ketones (excluding diaryl/α,β-unsaturated/α-hetero) is 2. The van der Waals surface area contributed by atoms with Gasteiger partial charge in [0.2, 0.25) is 11.6 Å². The van der Waals surface area contributed by atoms with E-state index in [4.69, 9.17) is 33.2 Å². The number of phenolic OH excluding ortho intramolecular Hbond substituents is 8. The fourth-order valence-corrected chi connectivity index (χ4v) is 8.14. The van der Waals surface area contributed by atoms with E-state index < -0.39 is 161 Å². The number of hydrogen-bond acceptors (Lipinski definition) is 22. The zero-order valence-electron chi connectivity index (χ0n) is 33.1. The molecule has 0 amide bonds. The second-order valence-electron chi connectivity index (χ2n) is 15.7. The van der Waals surface area contributed by atoms with Gasteiger partial charge in [-0.25, -0.2) is 0 Å². The number of aromatic hydroxyl groups is 8. The molecule has 342 valence electrons. The minimum atomic E-state index is -2.05. The molecule has 64 heavy (non-hydrogen) atoms. The summed E-state index contributed by atoms with van der Waals surface area (Å²) in [6, 6.07) is 10.3. The Balaban J connectivity index is 0.989. The van der Waals surface area contributed by atoms with E-state index in [1.54, 1.807) is 0 Å². The Morgan fingerprint density at radius 2 is 0.906 bits per heavy atom. The lowest BCUT2D eigenvalue weighted by atomic mass is 9.92. The van der Waals surface area contributed by atoms with Crippen LogP contribution in [0.5, 0.6) is 57.5 Å². The van der Waals surface area contributed by atoms with Crippen LogP contribution in [0.4, 0.5) is 0 Å². The molecule has 0 spiro atoms. The Hall–Kier alpha value is -6.18. The van der Waals surface area contributed by atoms with Crippen molar-refractivity contribution in [2.75, 3.05) is 6.61 Å². The maximum Gasteiger partial charge on any atom is 0.203 e. The lowest BCUT2D eigenvalue weighted by Crippen LogP contribution is -2.62. The van der Waals surface area contributed by atoms with E-state index in [1.807, 2.05) is 0 Å². The highest BCUT2D eigenvalue weighted by molar-refractivity contribution is 6.06. The second kappa shape index (κ2) is 17.1. The first-order chi connectivity index (χ1) is 30.3. The van der Waals surface area contributed by atoms with E-state index in [2.05, 4.69) is 0 Å². The molecule has 14 unspecified atom stereocenters. The van der Waals surface area contributed by atoms with Gasteiger partial charge >= 0.3 is 0 Å². The van der Waals surface area contributed by atoms with E-state index >= 15 is 0 Å². The number of ketones is 2. The first-order valence-corrected chi connectivity index (χ1v) is 19.5. The Kier molecular flexibility index (Phi) is 11.9. The second-order valence-corrected chi connectivity index (χ2v) is 15.7. The van der Waals surface area contributed by atoms with Crippen molar-refractivity contribution >= 4 is 11.6 Å². The zero-order valence-corrected chi connectivity index (χ0v) is 33.1. The van der Waals surface area contributed by atoms with Crippen LogP contribution in [-0.4, -0.2) is 158 Å². The van der Waals surface area contributed by atoms with Crippen LogP contribution in [0.3, 0.4) is 0 Å². The molecule has 22 heteroatoms. The standard InChI is InChI=1S/C42H42O22/c1-13-36(33(55)35(57)41(59-13)63-39-30(52)27-22(49)8-20(47)10-24(27)60-37(39)14-2-16(43)6-17(44)3-14)58-12-26-29(51)32(54)34(56)42(62-26)64-40-31(53)28-23(50)9-21(48)11-25(28)61-38(40)15-4-18(45)7-19(46)5-15/h2-11,13,26,29,32-51,54-57H,12H2,1H3. The quantitative estimate of drug-likeness (QED) is 0.106. The minimum Gasteiger partial charge on any atom is -0.508 e. The van der Waals surface area contributed by atoms with E-state index in [1.165, 1.54) is 6.92 Å². The molecule has 0 bridgehead atoms. The Morgan fingerprint density at radius 3 is 1.36 bits per heavy atom. The number of phenols is 8. The van der Waals surface area contributed by atoms with Gasteiger partial charge in [0.1, 0.15) is 111 Å². The van der Waals surface area contributed by atoms with Gasteiger partial charge in [0.05, 0.1) is 12.7 Å². The number of benzene rings is 4. The Labute approximate surface area is 360 Å². The third-order valence-corrected chi connectivity index (χ3v) is 11.2. The van der Waals surface area contributed by atoms with Gasteiger partial charge in [-0.1, -0.05) is 0 Å². The van der Waals surface area contributed by atoms with Gasteiger partial charge in [-0.05, 0) is 31.2 Å². The van der Waals surface area contributed by atoms with Gasteiger partial charge in [-0.15, -0.1) is 0 Å². The molecule has 4 aliphatic rings. The molecule has 0 radical (unpaired) electrons. The predicted molar refractivity (Wildman–Crippen MR) is 207 cm³/mol. The molecule has 8 rings (SSSR count). The van der Waals surface area contributed by atoms with Gasteiger partial charge in [-0.2, -0.15) is 0 Å². The summed E-state index contributed by atoms with van der Waals surface area (Å²) in [5.41, 5.74) is -0.924. The smallest absolute Gasteiger partial charge is 0.203 e. The summed E-state index contributed by atoms with van der Waals surface area (Å²) in [6.07, 6.45) is -24.5. The fraction of sp³-hybridized carbons (Fsp3) is 0.381. The van der Waals surface area contributed by atoms with Gasteiger partial charge in [-0.3, -0.25) is 9.59 Å². The summed E-state index contributed by atoms with van der Waals surface area (Å²) in [4.78, 5) is 27.8. The van der Waals surface area contributed by atoms with Crippen LogP contribution in [0.2, 0.25) is 0 Å². The maximum atomic E-state index is 13.9. The number of hydrogen-bond donors (Lipinski definition) is 13. The van der Waals surface area contributed by atoms with Crippen LogP contribution in [0.15, 0.2) is 60.7 Å². The Bertz CT molecular complexity index is 2400. The van der Waals surface area contributed by atoms with E-state index in [9.17, 15) is 76.0 Å². The van der Waals surface area contributed by atoms with Gasteiger partial charge < -0.3 is 99.5 Å². The topological polar surface area (TPSA) is 362 Å². The number of aliphatic hydroxyl groups is 5. The van der Waals surface area contributed by atoms with Crippen LogP contribution in [0, 0.1) is 0 Å². The van der Waals surface area contributed by atoms with Crippen LogP contribution in [0.25, 0.3) is 0 Å². The molecule has 0 aromatic heterocycles. The average Bonchev–Trinajstić information content (AvgIpc) is 3.20. The monoisotopic (exact) mass is 898 g/mol. The molecule has 2 saturated heterocycles. The van der Waals surface area contributed by atoms with Crippen molar-refractivity contribution in [1.29, 1.82) is 0 Å². The lowest BCUT2D eigenvalue weighted by Gasteiger charge is -2.45. The van der Waals surface area contributed by atoms with Crippen LogP contribution >= 0.6 is 0 Å². The number of rotatable bonds is 9. The Morgan fingerprint density at radius 1 is 0.500 bits per heavy atom. The third kappa shape index (κ3) is 8.22. The van der Waals surface area contributed by atoms with Crippen molar-refractivity contribution in [1.82, 2.24) is 0 Å². The van der Waals surface area contributed by atoms with Crippen molar-refractivity contribution in [3.63, 3.8) is 0 Å². The SMILES string of the molecule is CC1OC(OC2C(=O)c3c(O)cc(O)cc3OC2c2cc(O)cc(O)c2)C(O)C(O)C1OCC1OC(OC2C(=O)c3c(O)cc(O)cc3OC2c2cc(O)cc(O)c2)C(O)C(O)C1O. The zero-order chi connectivity index (χ0) is 46.0. The van der Waals surface area contributed by atoms with Crippen molar-refractivity contribution in [2.24, 2.45) is 0 Å². The van der Waals surface area contributed by atoms with Crippen molar-refractivity contribution < 1.29 is 109 Å². The van der Waals surface area contributed by atoms with E-state index in [-0.39, 0.29) is 22.6 Å². The van der Waals surface area contributed by atoms with Crippen molar-refractivity contribution in [3.8, 4) is 57.5 Å². The summed E-state index contributed by atoms with van der Waals surface area (Å²) in [7, 11) is 0. The molecule has 22 nitrogen and oxygen atoms in total. The number of carbonyl (C=O) groups is 2. The molecule has 14 atom stereocenters. The molecule has 4 heterocycles. The molecule has 0 aliphatic carbocycles. The lowest BCUT2D eigenvalue weighted by molar-refractivity contribution is -0.330. The minimum absolute atomic E-state index is 0.0112. The highest BCUT2D eigenvalue weighted by Gasteiger charge is 2.52. The number of ether oxygens (including phenoxy) is 7. The first-order valence-electron chi connectivity index (χ1n) is 19.5. The normalized spacial score (nSPS) is 32.5. The predicted octanol–water partition coefficient (Wildman–Crippen LogP) is 0.0942. The van der Waals surface area contributed by atoms with Crippen molar-refractivity contribution in [3.05, 3.63) is 82.9 Å². The summed E-state index contributed by atoms with van der Waals surface area (Å²) in [6.45, 7) is 0.676. The van der Waals surface area contributed by atoms with E-state index in [0.717, 1.165) is 60.7 Å². The van der Waals surface area contributed by atoms with E-state index in [0.29, 0.717) is 0 Å². The molecule has 4 aromatic rings. The van der Waals surface area contributed by atoms with Crippen LogP contribution in [-0.2, 0) is 23.7 Å². The summed E-state index contributed by atoms with van der Waals surface area (Å²) in [5, 5.41) is 137. The highest BCUT2D eigenvalue weighted by Crippen LogP contribution is 2.46. The molecular formula is C42H42O22. The van der Waals surface area contributed by atoms with Crippen molar-refractivity contribution in [2.45, 2.75) is 92.8 Å². The largest absolute Gasteiger partial charge is 0.508 e. The molecule has 13 N–H and O–H groups in total. The molecule has 4 aliphatic heterocycles. The van der Waals surface area contributed by atoms with Gasteiger partial charge in [0.25, 0.3) is 0 Å². The fourth-order valence-electron chi connectivity index (χ4n) is 8.14. The van der Waals surface area contributed by atoms with Crippen LogP contribution in [0.1, 0.15) is 51.0 Å². The molecule has 2 fully saturated rings. The molecule has 0 saturated carbocycles. The summed E-state index contributed by atoms with van der Waals surface area (Å²) in [5.74, 6) is -6.59. The van der Waals surface area contributed by atoms with Crippen LogP contribution < -0.4 is 9.47 Å². The number of aliphatic hydroxyl groups excluding tert-OH is 5. The van der Waals surface area contributed by atoms with Gasteiger partial charge in [0, 0.05) is 47.5 Å². The highest BCUT2D eigenvalue weighted by atomic mass is 16.7. The first kappa shape index (κ1) is 44.4. The average molecular weight is 899 g/mol. The maximum absolute atomic E-state index is 13.9. The molecular weight excluding hydrogens is 856 g/mol.